The maximum absolute atomic E-state index is 8.57. The summed E-state index contributed by atoms with van der Waals surface area (Å²) in [4.78, 5) is 0. The minimum atomic E-state index is 0.225. The van der Waals surface area contributed by atoms with Crippen LogP contribution in [0.5, 0.6) is 0 Å². The molecule has 0 amide bonds. The van der Waals surface area contributed by atoms with Crippen LogP contribution in [0.25, 0.3) is 0 Å². The minimum absolute atomic E-state index is 0.225. The zero-order valence-corrected chi connectivity index (χ0v) is 7.18. The van der Waals surface area contributed by atoms with Crippen molar-refractivity contribution in [3.8, 4) is 0 Å². The largest absolute Gasteiger partial charge is 0.411 e. The predicted molar refractivity (Wildman–Crippen MR) is 49.8 cm³/mol. The van der Waals surface area contributed by atoms with Crippen molar-refractivity contribution in [2.75, 3.05) is 0 Å². The number of oxime groups is 2. The molecule has 0 unspecified atom stereocenters. The topological polar surface area (TPSA) is 65.2 Å². The number of hydrogen-bond donors (Lipinski definition) is 2. The standard InChI is InChI=1S/C9H10N2O2/c1-7-2-4-8(5-3-7)9(11-13)6-10-12/h2-6,12-13H,1H3. The van der Waals surface area contributed by atoms with Gasteiger partial charge in [-0.2, -0.15) is 0 Å². The van der Waals surface area contributed by atoms with E-state index in [4.69, 9.17) is 10.4 Å². The Hall–Kier alpha value is -1.84. The maximum atomic E-state index is 8.57. The number of nitrogens with zero attached hydrogens (tertiary/aromatic N) is 2. The van der Waals surface area contributed by atoms with Crippen LogP contribution in [0.3, 0.4) is 0 Å². The van der Waals surface area contributed by atoms with Crippen molar-refractivity contribution < 1.29 is 10.4 Å². The molecule has 1 rings (SSSR count). The summed E-state index contributed by atoms with van der Waals surface area (Å²) in [6.07, 6.45) is 1.07. The Bertz CT molecular complexity index is 328. The van der Waals surface area contributed by atoms with E-state index in [1.165, 1.54) is 0 Å². The van der Waals surface area contributed by atoms with Crippen molar-refractivity contribution in [2.45, 2.75) is 6.92 Å². The Morgan fingerprint density at radius 3 is 2.31 bits per heavy atom. The number of aryl methyl sites for hydroxylation is 1. The lowest BCUT2D eigenvalue weighted by atomic mass is 10.1. The first-order valence-electron chi connectivity index (χ1n) is 3.74. The first-order valence-corrected chi connectivity index (χ1v) is 3.74. The van der Waals surface area contributed by atoms with Gasteiger partial charge in [-0.3, -0.25) is 0 Å². The van der Waals surface area contributed by atoms with Gasteiger partial charge in [-0.1, -0.05) is 40.1 Å². The highest BCUT2D eigenvalue weighted by molar-refractivity contribution is 6.37. The summed E-state index contributed by atoms with van der Waals surface area (Å²) < 4.78 is 0. The Morgan fingerprint density at radius 1 is 1.23 bits per heavy atom. The molecule has 0 saturated carbocycles. The molecular formula is C9H10N2O2. The predicted octanol–water partition coefficient (Wildman–Crippen LogP) is 1.63. The molecule has 1 aromatic carbocycles. The molecule has 0 aliphatic rings. The van der Waals surface area contributed by atoms with Crippen LogP contribution in [-0.4, -0.2) is 22.3 Å². The molecule has 4 nitrogen and oxygen atoms in total. The molecule has 0 atom stereocenters. The van der Waals surface area contributed by atoms with Crippen LogP contribution in [0.2, 0.25) is 0 Å². The zero-order valence-electron chi connectivity index (χ0n) is 7.18. The summed E-state index contributed by atoms with van der Waals surface area (Å²) >= 11 is 0. The summed E-state index contributed by atoms with van der Waals surface area (Å²) in [7, 11) is 0. The Morgan fingerprint density at radius 2 is 1.85 bits per heavy atom. The van der Waals surface area contributed by atoms with Gasteiger partial charge < -0.3 is 10.4 Å². The summed E-state index contributed by atoms with van der Waals surface area (Å²) in [6.45, 7) is 1.96. The summed E-state index contributed by atoms with van der Waals surface area (Å²) in [6, 6.07) is 7.33. The molecule has 1 aromatic rings. The third-order valence-corrected chi connectivity index (χ3v) is 1.64. The molecule has 0 aliphatic heterocycles. The van der Waals surface area contributed by atoms with Gasteiger partial charge in [0.25, 0.3) is 0 Å². The molecule has 0 aliphatic carbocycles. The lowest BCUT2D eigenvalue weighted by Crippen LogP contribution is -2.02. The minimum Gasteiger partial charge on any atom is -0.411 e. The van der Waals surface area contributed by atoms with Gasteiger partial charge in [-0.25, -0.2) is 0 Å². The second-order valence-electron chi connectivity index (χ2n) is 2.60. The van der Waals surface area contributed by atoms with E-state index in [9.17, 15) is 0 Å². The highest BCUT2D eigenvalue weighted by Crippen LogP contribution is 2.03. The van der Waals surface area contributed by atoms with E-state index in [0.29, 0.717) is 5.56 Å². The highest BCUT2D eigenvalue weighted by Gasteiger charge is 1.99. The zero-order chi connectivity index (χ0) is 9.68. The van der Waals surface area contributed by atoms with E-state index in [-0.39, 0.29) is 5.71 Å². The summed E-state index contributed by atoms with van der Waals surface area (Å²) in [5.41, 5.74) is 2.04. The fraction of sp³-hybridized carbons (Fsp3) is 0.111. The average Bonchev–Trinajstić information content (AvgIpc) is 2.16. The quantitative estimate of drug-likeness (QED) is 0.410. The highest BCUT2D eigenvalue weighted by atomic mass is 16.4. The summed E-state index contributed by atoms with van der Waals surface area (Å²) in [5, 5.41) is 22.6. The molecule has 13 heavy (non-hydrogen) atoms. The molecule has 68 valence electrons. The second kappa shape index (κ2) is 4.25. The van der Waals surface area contributed by atoms with Gasteiger partial charge in [-0.15, -0.1) is 0 Å². The summed E-state index contributed by atoms with van der Waals surface area (Å²) in [5.74, 6) is 0. The molecule has 0 spiro atoms. The lowest BCUT2D eigenvalue weighted by Gasteiger charge is -1.97. The number of hydrogen-bond acceptors (Lipinski definition) is 4. The van der Waals surface area contributed by atoms with Crippen molar-refractivity contribution in [1.29, 1.82) is 0 Å². The molecule has 0 saturated heterocycles. The fourth-order valence-corrected chi connectivity index (χ4v) is 0.937. The molecule has 0 heterocycles. The van der Waals surface area contributed by atoms with E-state index in [1.807, 2.05) is 19.1 Å². The molecule has 0 bridgehead atoms. The monoisotopic (exact) mass is 178 g/mol. The average molecular weight is 178 g/mol. The fourth-order valence-electron chi connectivity index (χ4n) is 0.937. The molecular weight excluding hydrogens is 168 g/mol. The SMILES string of the molecule is Cc1ccc(C(C=NO)=NO)cc1. The molecule has 0 aromatic heterocycles. The van der Waals surface area contributed by atoms with Crippen LogP contribution in [0, 0.1) is 6.92 Å². The van der Waals surface area contributed by atoms with Crippen LogP contribution >= 0.6 is 0 Å². The van der Waals surface area contributed by atoms with Crippen LogP contribution < -0.4 is 0 Å². The van der Waals surface area contributed by atoms with Crippen molar-refractivity contribution >= 4 is 11.9 Å². The van der Waals surface area contributed by atoms with Crippen LogP contribution in [-0.2, 0) is 0 Å². The number of rotatable bonds is 2. The first-order chi connectivity index (χ1) is 6.27. The Balaban J connectivity index is 3.00. The van der Waals surface area contributed by atoms with Crippen LogP contribution in [0.15, 0.2) is 34.6 Å². The van der Waals surface area contributed by atoms with Gasteiger partial charge >= 0.3 is 0 Å². The molecule has 0 radical (unpaired) electrons. The third-order valence-electron chi connectivity index (χ3n) is 1.64. The smallest absolute Gasteiger partial charge is 0.131 e. The van der Waals surface area contributed by atoms with Gasteiger partial charge in [0.15, 0.2) is 0 Å². The van der Waals surface area contributed by atoms with E-state index in [1.54, 1.807) is 12.1 Å². The van der Waals surface area contributed by atoms with E-state index in [0.717, 1.165) is 11.8 Å². The molecule has 0 fully saturated rings. The van der Waals surface area contributed by atoms with E-state index < -0.39 is 0 Å². The molecule has 2 N–H and O–H groups in total. The Kier molecular flexibility index (Phi) is 3.03. The van der Waals surface area contributed by atoms with Gasteiger partial charge in [0, 0.05) is 5.56 Å². The van der Waals surface area contributed by atoms with Crippen molar-refractivity contribution in [1.82, 2.24) is 0 Å². The van der Waals surface area contributed by atoms with Gasteiger partial charge in [0.1, 0.15) is 5.71 Å². The van der Waals surface area contributed by atoms with Crippen LogP contribution in [0.4, 0.5) is 0 Å². The maximum Gasteiger partial charge on any atom is 0.131 e. The second-order valence-corrected chi connectivity index (χ2v) is 2.60. The lowest BCUT2D eigenvalue weighted by molar-refractivity contribution is 0.316. The third kappa shape index (κ3) is 2.30. The van der Waals surface area contributed by atoms with E-state index >= 15 is 0 Å². The first kappa shape index (κ1) is 9.25. The van der Waals surface area contributed by atoms with Gasteiger partial charge in [-0.05, 0) is 6.92 Å². The van der Waals surface area contributed by atoms with Crippen molar-refractivity contribution in [2.24, 2.45) is 10.3 Å². The Labute approximate surface area is 75.8 Å². The normalized spacial score (nSPS) is 12.2. The van der Waals surface area contributed by atoms with E-state index in [2.05, 4.69) is 10.3 Å². The van der Waals surface area contributed by atoms with Gasteiger partial charge in [0.2, 0.25) is 0 Å². The molecule has 4 heteroatoms. The number of benzene rings is 1. The van der Waals surface area contributed by atoms with Crippen LogP contribution in [0.1, 0.15) is 11.1 Å². The van der Waals surface area contributed by atoms with Crippen molar-refractivity contribution in [3.63, 3.8) is 0 Å². The van der Waals surface area contributed by atoms with Gasteiger partial charge in [0.05, 0.1) is 6.21 Å². The van der Waals surface area contributed by atoms with Crippen molar-refractivity contribution in [3.05, 3.63) is 35.4 Å².